The summed E-state index contributed by atoms with van der Waals surface area (Å²) in [5.41, 5.74) is 3.17. The van der Waals surface area contributed by atoms with E-state index in [9.17, 15) is 13.2 Å². The highest BCUT2D eigenvalue weighted by Crippen LogP contribution is 2.30. The zero-order valence-electron chi connectivity index (χ0n) is 17.3. The Kier molecular flexibility index (Phi) is 8.02. The van der Waals surface area contributed by atoms with E-state index in [2.05, 4.69) is 10.5 Å². The molecule has 0 aliphatic heterocycles. The topological polar surface area (TPSA) is 112 Å². The molecule has 0 fully saturated rings. The first-order chi connectivity index (χ1) is 15.9. The second-order valence-electron chi connectivity index (χ2n) is 6.59. The third-order valence-corrected chi connectivity index (χ3v) is 6.42. The van der Waals surface area contributed by atoms with Crippen molar-refractivity contribution in [3.8, 4) is 11.8 Å². The molecule has 168 valence electrons. The molecule has 1 N–H and O–H groups in total. The summed E-state index contributed by atoms with van der Waals surface area (Å²) in [6.45, 7) is -0.587. The van der Waals surface area contributed by atoms with Crippen molar-refractivity contribution in [3.63, 3.8) is 0 Å². The molecule has 0 saturated heterocycles. The molecule has 10 heteroatoms. The predicted molar refractivity (Wildman–Crippen MR) is 126 cm³/mol. The summed E-state index contributed by atoms with van der Waals surface area (Å²) < 4.78 is 32.6. The maximum atomic E-state index is 13.2. The van der Waals surface area contributed by atoms with Crippen molar-refractivity contribution >= 4 is 39.4 Å². The molecule has 0 bridgehead atoms. The Morgan fingerprint density at radius 3 is 2.39 bits per heavy atom. The van der Waals surface area contributed by atoms with Crippen molar-refractivity contribution < 1.29 is 17.9 Å². The first-order valence-corrected chi connectivity index (χ1v) is 11.5. The number of nitrogens with one attached hydrogen (secondary N) is 1. The fourth-order valence-electron chi connectivity index (χ4n) is 2.78. The van der Waals surface area contributed by atoms with Crippen LogP contribution in [-0.2, 0) is 14.8 Å². The lowest BCUT2D eigenvalue weighted by atomic mass is 10.2. The number of ether oxygens (including phenoxy) is 1. The summed E-state index contributed by atoms with van der Waals surface area (Å²) in [6.07, 6.45) is 1.40. The minimum absolute atomic E-state index is 0.0277. The lowest BCUT2D eigenvalue weighted by molar-refractivity contribution is -0.119. The number of amides is 1. The number of anilines is 1. The van der Waals surface area contributed by atoms with Crippen molar-refractivity contribution in [2.24, 2.45) is 5.10 Å². The molecule has 0 aliphatic rings. The number of nitriles is 1. The number of benzene rings is 3. The highest BCUT2D eigenvalue weighted by atomic mass is 35.5. The summed E-state index contributed by atoms with van der Waals surface area (Å²) in [5, 5.41) is 12.6. The van der Waals surface area contributed by atoms with Gasteiger partial charge in [0, 0.05) is 0 Å². The van der Waals surface area contributed by atoms with E-state index in [1.54, 1.807) is 60.7 Å². The average molecular weight is 483 g/mol. The van der Waals surface area contributed by atoms with E-state index in [1.165, 1.54) is 24.4 Å². The minimum atomic E-state index is -4.06. The van der Waals surface area contributed by atoms with Crippen LogP contribution in [0.2, 0.25) is 5.02 Å². The lowest BCUT2D eigenvalue weighted by Crippen LogP contribution is -2.39. The normalized spacial score (nSPS) is 11.0. The third kappa shape index (κ3) is 6.32. The van der Waals surface area contributed by atoms with Gasteiger partial charge in [0.2, 0.25) is 0 Å². The van der Waals surface area contributed by atoms with E-state index in [0.29, 0.717) is 11.3 Å². The molecule has 0 aliphatic carbocycles. The highest BCUT2D eigenvalue weighted by molar-refractivity contribution is 7.92. The SMILES string of the molecule is N#CCOc1ccc(/C=N\NC(=O)CN(c2ccccc2Cl)S(=O)(=O)c2ccccc2)cc1. The van der Waals surface area contributed by atoms with Gasteiger partial charge in [-0.05, 0) is 54.1 Å². The Morgan fingerprint density at radius 2 is 1.73 bits per heavy atom. The van der Waals surface area contributed by atoms with Crippen molar-refractivity contribution in [2.75, 3.05) is 17.5 Å². The van der Waals surface area contributed by atoms with Crippen LogP contribution in [0.1, 0.15) is 5.56 Å². The monoisotopic (exact) mass is 482 g/mol. The summed E-state index contributed by atoms with van der Waals surface area (Å²) in [5.74, 6) is -0.126. The molecule has 0 heterocycles. The number of halogens is 1. The number of hydrogen-bond acceptors (Lipinski definition) is 6. The highest BCUT2D eigenvalue weighted by Gasteiger charge is 2.28. The molecule has 3 aromatic rings. The second kappa shape index (κ2) is 11.1. The number of carbonyl (C=O) groups is 1. The van der Waals surface area contributed by atoms with Crippen LogP contribution in [0.5, 0.6) is 5.75 Å². The second-order valence-corrected chi connectivity index (χ2v) is 8.85. The standard InChI is InChI=1S/C23H19ClN4O4S/c24-21-8-4-5-9-22(21)28(33(30,31)20-6-2-1-3-7-20)17-23(29)27-26-16-18-10-12-19(13-11-18)32-15-14-25/h1-13,16H,15,17H2,(H,27,29)/b26-16-. The van der Waals surface area contributed by atoms with Gasteiger partial charge in [-0.1, -0.05) is 41.9 Å². The Bertz CT molecular complexity index is 1270. The van der Waals surface area contributed by atoms with Gasteiger partial charge in [0.05, 0.1) is 21.8 Å². The van der Waals surface area contributed by atoms with Crippen molar-refractivity contribution in [3.05, 3.63) is 89.4 Å². The van der Waals surface area contributed by atoms with Crippen molar-refractivity contribution in [1.82, 2.24) is 5.43 Å². The fourth-order valence-corrected chi connectivity index (χ4v) is 4.53. The van der Waals surface area contributed by atoms with E-state index >= 15 is 0 Å². The Hall–Kier alpha value is -3.87. The smallest absolute Gasteiger partial charge is 0.264 e. The first kappa shape index (κ1) is 23.8. The van der Waals surface area contributed by atoms with Gasteiger partial charge in [-0.15, -0.1) is 0 Å². The maximum Gasteiger partial charge on any atom is 0.264 e. The summed E-state index contributed by atoms with van der Waals surface area (Å²) >= 11 is 6.23. The van der Waals surface area contributed by atoms with E-state index in [4.69, 9.17) is 21.6 Å². The predicted octanol–water partition coefficient (Wildman–Crippen LogP) is 3.59. The van der Waals surface area contributed by atoms with Crippen molar-refractivity contribution in [2.45, 2.75) is 4.90 Å². The first-order valence-electron chi connectivity index (χ1n) is 9.66. The average Bonchev–Trinajstić information content (AvgIpc) is 2.83. The van der Waals surface area contributed by atoms with Crippen LogP contribution in [-0.4, -0.2) is 33.7 Å². The van der Waals surface area contributed by atoms with Gasteiger partial charge >= 0.3 is 0 Å². The number of hydrogen-bond donors (Lipinski definition) is 1. The molecule has 1 amide bonds. The van der Waals surface area contributed by atoms with Crippen LogP contribution in [0, 0.1) is 11.3 Å². The largest absolute Gasteiger partial charge is 0.479 e. The van der Waals surface area contributed by atoms with Crippen LogP contribution in [0.15, 0.2) is 88.9 Å². The Labute approximate surface area is 196 Å². The van der Waals surface area contributed by atoms with E-state index in [-0.39, 0.29) is 22.2 Å². The van der Waals surface area contributed by atoms with Gasteiger partial charge in [0.15, 0.2) is 6.61 Å². The van der Waals surface area contributed by atoms with E-state index in [0.717, 1.165) is 4.31 Å². The van der Waals surface area contributed by atoms with E-state index in [1.807, 2.05) is 6.07 Å². The number of rotatable bonds is 9. The van der Waals surface area contributed by atoms with Crippen LogP contribution in [0.25, 0.3) is 0 Å². The zero-order chi connectivity index (χ0) is 23.7. The molecule has 0 spiro atoms. The molecule has 0 unspecified atom stereocenters. The third-order valence-electron chi connectivity index (χ3n) is 4.33. The quantitative estimate of drug-likeness (QED) is 0.370. The number of nitrogens with zero attached hydrogens (tertiary/aromatic N) is 3. The van der Waals surface area contributed by atoms with Crippen LogP contribution in [0.3, 0.4) is 0 Å². The van der Waals surface area contributed by atoms with Gasteiger partial charge in [0.25, 0.3) is 15.9 Å². The molecule has 0 atom stereocenters. The Balaban J connectivity index is 1.75. The molecule has 0 radical (unpaired) electrons. The number of para-hydroxylation sites is 1. The minimum Gasteiger partial charge on any atom is -0.479 e. The molecule has 3 rings (SSSR count). The Morgan fingerprint density at radius 1 is 1.06 bits per heavy atom. The van der Waals surface area contributed by atoms with Gasteiger partial charge in [-0.25, -0.2) is 13.8 Å². The van der Waals surface area contributed by atoms with Gasteiger partial charge in [0.1, 0.15) is 18.4 Å². The summed E-state index contributed by atoms with van der Waals surface area (Å²) in [7, 11) is -4.06. The molecule has 33 heavy (non-hydrogen) atoms. The van der Waals surface area contributed by atoms with Crippen molar-refractivity contribution in [1.29, 1.82) is 5.26 Å². The zero-order valence-corrected chi connectivity index (χ0v) is 18.8. The van der Waals surface area contributed by atoms with Gasteiger partial charge in [-0.2, -0.15) is 10.4 Å². The maximum absolute atomic E-state index is 13.2. The van der Waals surface area contributed by atoms with Crippen LogP contribution >= 0.6 is 11.6 Å². The molecule has 0 saturated carbocycles. The summed E-state index contributed by atoms with van der Waals surface area (Å²) in [6, 6.07) is 22.7. The van der Waals surface area contributed by atoms with E-state index < -0.39 is 22.5 Å². The van der Waals surface area contributed by atoms with Gasteiger partial charge < -0.3 is 4.74 Å². The molecule has 3 aromatic carbocycles. The van der Waals surface area contributed by atoms with Crippen LogP contribution < -0.4 is 14.5 Å². The lowest BCUT2D eigenvalue weighted by Gasteiger charge is -2.24. The fraction of sp³-hybridized carbons (Fsp3) is 0.0870. The van der Waals surface area contributed by atoms with Crippen LogP contribution in [0.4, 0.5) is 5.69 Å². The molecular formula is C23H19ClN4O4S. The molecule has 0 aromatic heterocycles. The summed E-state index contributed by atoms with van der Waals surface area (Å²) in [4.78, 5) is 12.6. The molecule has 8 nitrogen and oxygen atoms in total. The molecular weight excluding hydrogens is 464 g/mol. The number of hydrazone groups is 1. The number of carbonyl (C=O) groups excluding carboxylic acids is 1. The number of sulfonamides is 1. The van der Waals surface area contributed by atoms with Gasteiger partial charge in [-0.3, -0.25) is 9.10 Å².